The minimum atomic E-state index is 0.0167. The van der Waals surface area contributed by atoms with Crippen LogP contribution in [-0.2, 0) is 4.79 Å². The molecule has 0 atom stereocenters. The lowest BCUT2D eigenvalue weighted by Gasteiger charge is -2.28. The molecule has 1 amide bonds. The Morgan fingerprint density at radius 1 is 1.15 bits per heavy atom. The van der Waals surface area contributed by atoms with E-state index in [4.69, 9.17) is 11.6 Å². The number of amides is 1. The van der Waals surface area contributed by atoms with E-state index in [1.165, 1.54) is 0 Å². The van der Waals surface area contributed by atoms with Gasteiger partial charge >= 0.3 is 0 Å². The fraction of sp³-hybridized carbons (Fsp3) is 0.200. The summed E-state index contributed by atoms with van der Waals surface area (Å²) in [5, 5.41) is 3.30. The van der Waals surface area contributed by atoms with Crippen molar-refractivity contribution in [3.8, 4) is 0 Å². The number of carbonyl (C=O) groups excluding carboxylic acids is 1. The molecule has 1 aromatic heterocycles. The van der Waals surface area contributed by atoms with Gasteiger partial charge in [-0.15, -0.1) is 0 Å². The molecule has 0 saturated heterocycles. The maximum absolute atomic E-state index is 11.7. The van der Waals surface area contributed by atoms with E-state index < -0.39 is 0 Å². The third-order valence-electron chi connectivity index (χ3n) is 3.22. The van der Waals surface area contributed by atoms with Crippen LogP contribution in [-0.4, -0.2) is 17.4 Å². The maximum atomic E-state index is 11.7. The number of carbonyl (C=O) groups is 1. The van der Waals surface area contributed by atoms with Crippen LogP contribution in [0, 0.1) is 0 Å². The van der Waals surface area contributed by atoms with Gasteiger partial charge in [-0.3, -0.25) is 4.79 Å². The van der Waals surface area contributed by atoms with E-state index in [0.29, 0.717) is 23.1 Å². The zero-order valence-corrected chi connectivity index (χ0v) is 11.6. The van der Waals surface area contributed by atoms with Crippen molar-refractivity contribution in [3.63, 3.8) is 0 Å². The first kappa shape index (κ1) is 12.9. The predicted molar refractivity (Wildman–Crippen MR) is 80.6 cm³/mol. The summed E-state index contributed by atoms with van der Waals surface area (Å²) >= 11 is 6.01. The van der Waals surface area contributed by atoms with Gasteiger partial charge in [0.25, 0.3) is 0 Å². The number of anilines is 3. The monoisotopic (exact) mass is 287 g/mol. The molecule has 1 aromatic carbocycles. The maximum Gasteiger partial charge on any atom is 0.224 e. The van der Waals surface area contributed by atoms with Crippen LogP contribution in [0.15, 0.2) is 42.5 Å². The Balaban J connectivity index is 2.09. The number of nitrogens with zero attached hydrogens (tertiary/aromatic N) is 2. The molecule has 5 heteroatoms. The Labute approximate surface area is 122 Å². The molecule has 0 fully saturated rings. The van der Waals surface area contributed by atoms with Gasteiger partial charge in [-0.2, -0.15) is 0 Å². The fourth-order valence-corrected chi connectivity index (χ4v) is 2.45. The molecule has 0 spiro atoms. The number of nitrogens with one attached hydrogen (secondary N) is 1. The SMILES string of the molecule is O=C1CCCN(c2ccccc2)c2nc(Cl)ccc2N1. The van der Waals surface area contributed by atoms with Crippen LogP contribution in [0.3, 0.4) is 0 Å². The predicted octanol–water partition coefficient (Wildman–Crippen LogP) is 3.61. The number of fused-ring (bicyclic) bond motifs is 1. The van der Waals surface area contributed by atoms with E-state index in [-0.39, 0.29) is 5.91 Å². The Bertz CT molecular complexity index is 630. The number of pyridine rings is 1. The smallest absolute Gasteiger partial charge is 0.224 e. The number of rotatable bonds is 1. The molecule has 1 aliphatic rings. The summed E-state index contributed by atoms with van der Waals surface area (Å²) in [6.07, 6.45) is 1.28. The highest BCUT2D eigenvalue weighted by Crippen LogP contribution is 2.33. The van der Waals surface area contributed by atoms with Gasteiger partial charge in [0, 0.05) is 18.7 Å². The first-order valence-corrected chi connectivity index (χ1v) is 6.91. The number of hydrogen-bond acceptors (Lipinski definition) is 3. The first-order chi connectivity index (χ1) is 9.74. The molecule has 3 rings (SSSR count). The minimum Gasteiger partial charge on any atom is -0.325 e. The van der Waals surface area contributed by atoms with E-state index in [0.717, 1.165) is 18.7 Å². The van der Waals surface area contributed by atoms with E-state index >= 15 is 0 Å². The lowest BCUT2D eigenvalue weighted by molar-refractivity contribution is -0.116. The summed E-state index contributed by atoms with van der Waals surface area (Å²) in [5.41, 5.74) is 1.74. The van der Waals surface area contributed by atoms with Gasteiger partial charge in [-0.25, -0.2) is 4.98 Å². The Kier molecular flexibility index (Phi) is 3.56. The fourth-order valence-electron chi connectivity index (χ4n) is 2.30. The van der Waals surface area contributed by atoms with Crippen LogP contribution in [0.25, 0.3) is 0 Å². The van der Waals surface area contributed by atoms with Crippen LogP contribution in [0.4, 0.5) is 17.2 Å². The summed E-state index contributed by atoms with van der Waals surface area (Å²) in [6, 6.07) is 13.5. The number of benzene rings is 1. The van der Waals surface area contributed by atoms with Crippen molar-refractivity contribution in [2.24, 2.45) is 0 Å². The molecule has 1 N–H and O–H groups in total. The van der Waals surface area contributed by atoms with Gasteiger partial charge in [0.1, 0.15) is 5.15 Å². The molecule has 2 heterocycles. The molecular weight excluding hydrogens is 274 g/mol. The summed E-state index contributed by atoms with van der Waals surface area (Å²) in [4.78, 5) is 18.2. The molecule has 20 heavy (non-hydrogen) atoms. The van der Waals surface area contributed by atoms with Crippen molar-refractivity contribution in [2.75, 3.05) is 16.8 Å². The van der Waals surface area contributed by atoms with E-state index in [1.54, 1.807) is 12.1 Å². The van der Waals surface area contributed by atoms with Gasteiger partial charge in [-0.1, -0.05) is 29.8 Å². The van der Waals surface area contributed by atoms with Crippen molar-refractivity contribution in [1.29, 1.82) is 0 Å². The van der Waals surface area contributed by atoms with Crippen LogP contribution >= 0.6 is 11.6 Å². The van der Waals surface area contributed by atoms with Crippen LogP contribution in [0.1, 0.15) is 12.8 Å². The van der Waals surface area contributed by atoms with Crippen molar-refractivity contribution in [2.45, 2.75) is 12.8 Å². The summed E-state index contributed by atoms with van der Waals surface area (Å²) in [7, 11) is 0. The molecular formula is C15H14ClN3O. The highest BCUT2D eigenvalue weighted by atomic mass is 35.5. The van der Waals surface area contributed by atoms with Crippen molar-refractivity contribution in [1.82, 2.24) is 4.98 Å². The average molecular weight is 288 g/mol. The van der Waals surface area contributed by atoms with Gasteiger partial charge in [0.2, 0.25) is 5.91 Å². The standard InChI is InChI=1S/C15H14ClN3O/c16-13-9-8-12-15(18-13)19(10-4-7-14(20)17-12)11-5-2-1-3-6-11/h1-3,5-6,8-9H,4,7,10H2,(H,17,20). The summed E-state index contributed by atoms with van der Waals surface area (Å²) in [5.74, 6) is 0.708. The second-order valence-electron chi connectivity index (χ2n) is 4.64. The molecule has 0 saturated carbocycles. The van der Waals surface area contributed by atoms with Crippen molar-refractivity contribution < 1.29 is 4.79 Å². The zero-order valence-electron chi connectivity index (χ0n) is 10.8. The molecule has 4 nitrogen and oxygen atoms in total. The lowest BCUT2D eigenvalue weighted by Crippen LogP contribution is -2.26. The molecule has 0 bridgehead atoms. The largest absolute Gasteiger partial charge is 0.325 e. The third kappa shape index (κ3) is 2.60. The van der Waals surface area contributed by atoms with Crippen LogP contribution in [0.5, 0.6) is 0 Å². The van der Waals surface area contributed by atoms with Gasteiger partial charge in [-0.05, 0) is 30.7 Å². The van der Waals surface area contributed by atoms with E-state index in [1.807, 2.05) is 30.3 Å². The molecule has 1 aliphatic heterocycles. The van der Waals surface area contributed by atoms with Crippen molar-refractivity contribution >= 4 is 34.7 Å². The molecule has 0 unspecified atom stereocenters. The molecule has 102 valence electrons. The average Bonchev–Trinajstić information content (AvgIpc) is 2.45. The van der Waals surface area contributed by atoms with Crippen LogP contribution in [0.2, 0.25) is 5.15 Å². The Morgan fingerprint density at radius 2 is 1.95 bits per heavy atom. The second-order valence-corrected chi connectivity index (χ2v) is 5.03. The quantitative estimate of drug-likeness (QED) is 0.815. The number of halogens is 1. The minimum absolute atomic E-state index is 0.0167. The second kappa shape index (κ2) is 5.51. The number of aromatic nitrogens is 1. The topological polar surface area (TPSA) is 45.2 Å². The summed E-state index contributed by atoms with van der Waals surface area (Å²) < 4.78 is 0. The summed E-state index contributed by atoms with van der Waals surface area (Å²) in [6.45, 7) is 0.734. The highest BCUT2D eigenvalue weighted by Gasteiger charge is 2.20. The first-order valence-electron chi connectivity index (χ1n) is 6.53. The normalized spacial score (nSPS) is 15.1. The number of hydrogen-bond donors (Lipinski definition) is 1. The zero-order chi connectivity index (χ0) is 13.9. The highest BCUT2D eigenvalue weighted by molar-refractivity contribution is 6.29. The van der Waals surface area contributed by atoms with E-state index in [2.05, 4.69) is 15.2 Å². The van der Waals surface area contributed by atoms with Gasteiger partial charge in [0.15, 0.2) is 5.82 Å². The van der Waals surface area contributed by atoms with Crippen molar-refractivity contribution in [3.05, 3.63) is 47.6 Å². The Morgan fingerprint density at radius 3 is 2.75 bits per heavy atom. The van der Waals surface area contributed by atoms with E-state index in [9.17, 15) is 4.79 Å². The lowest BCUT2D eigenvalue weighted by atomic mass is 10.2. The molecule has 0 aliphatic carbocycles. The third-order valence-corrected chi connectivity index (χ3v) is 3.43. The number of para-hydroxylation sites is 1. The van der Waals surface area contributed by atoms with Crippen LogP contribution < -0.4 is 10.2 Å². The van der Waals surface area contributed by atoms with Gasteiger partial charge < -0.3 is 10.2 Å². The van der Waals surface area contributed by atoms with Gasteiger partial charge in [0.05, 0.1) is 5.69 Å². The Hall–Kier alpha value is -2.07. The molecule has 2 aromatic rings. The molecule has 0 radical (unpaired) electrons.